The first-order valence-electron chi connectivity index (χ1n) is 8.34. The number of pyridine rings is 2. The average molecular weight is 345 g/mol. The van der Waals surface area contributed by atoms with Crippen LogP contribution < -0.4 is 5.32 Å². The molecule has 0 fully saturated rings. The molecular weight excluding hydrogens is 326 g/mol. The van der Waals surface area contributed by atoms with Gasteiger partial charge in [0.25, 0.3) is 0 Å². The van der Waals surface area contributed by atoms with Gasteiger partial charge in [0.2, 0.25) is 0 Å². The molecule has 0 saturated heterocycles. The molecule has 0 aliphatic heterocycles. The van der Waals surface area contributed by atoms with Crippen molar-refractivity contribution in [1.29, 1.82) is 0 Å². The molecule has 0 aliphatic carbocycles. The summed E-state index contributed by atoms with van der Waals surface area (Å²) in [5.41, 5.74) is 4.00. The summed E-state index contributed by atoms with van der Waals surface area (Å²) in [5.74, 6) is 1.76. The summed E-state index contributed by atoms with van der Waals surface area (Å²) in [7, 11) is 1.92. The van der Waals surface area contributed by atoms with E-state index in [4.69, 9.17) is 0 Å². The van der Waals surface area contributed by atoms with Crippen molar-refractivity contribution in [2.45, 2.75) is 13.5 Å². The van der Waals surface area contributed by atoms with E-state index < -0.39 is 0 Å². The molecule has 0 aromatic carbocycles. The highest BCUT2D eigenvalue weighted by Crippen LogP contribution is 2.22. The van der Waals surface area contributed by atoms with Crippen molar-refractivity contribution in [3.05, 3.63) is 72.8 Å². The lowest BCUT2D eigenvalue weighted by Crippen LogP contribution is -2.02. The Kier molecular flexibility index (Phi) is 4.18. The predicted molar refractivity (Wildman–Crippen MR) is 99.9 cm³/mol. The molecule has 0 atom stereocenters. The number of aryl methyl sites for hydroxylation is 2. The fourth-order valence-electron chi connectivity index (χ4n) is 2.86. The molecule has 7 nitrogen and oxygen atoms in total. The van der Waals surface area contributed by atoms with Crippen LogP contribution in [0.5, 0.6) is 0 Å². The lowest BCUT2D eigenvalue weighted by atomic mass is 10.1. The second kappa shape index (κ2) is 6.79. The van der Waals surface area contributed by atoms with Crippen molar-refractivity contribution in [3.63, 3.8) is 0 Å². The zero-order valence-corrected chi connectivity index (χ0v) is 14.7. The molecule has 0 bridgehead atoms. The van der Waals surface area contributed by atoms with E-state index in [-0.39, 0.29) is 0 Å². The van der Waals surface area contributed by atoms with E-state index >= 15 is 0 Å². The van der Waals surface area contributed by atoms with Gasteiger partial charge in [-0.2, -0.15) is 5.10 Å². The summed E-state index contributed by atoms with van der Waals surface area (Å²) in [5, 5.41) is 7.97. The van der Waals surface area contributed by atoms with E-state index in [1.807, 2.05) is 72.3 Å². The van der Waals surface area contributed by atoms with Crippen LogP contribution in [0.15, 0.2) is 61.4 Å². The number of aromatic nitrogens is 6. The van der Waals surface area contributed by atoms with E-state index in [9.17, 15) is 0 Å². The van der Waals surface area contributed by atoms with Gasteiger partial charge in [-0.25, -0.2) is 9.97 Å². The number of hydrogen-bond acceptors (Lipinski definition) is 5. The molecule has 4 heterocycles. The zero-order valence-electron chi connectivity index (χ0n) is 14.7. The number of anilines is 1. The molecule has 4 aromatic rings. The SMILES string of the molecule is Cc1nccn1-c1ccc(NCc2cn(C)nc2-c2cccnc2)cn1. The lowest BCUT2D eigenvalue weighted by molar-refractivity contribution is 0.770. The Balaban J connectivity index is 1.51. The van der Waals surface area contributed by atoms with Gasteiger partial charge in [0.05, 0.1) is 17.6 Å². The van der Waals surface area contributed by atoms with Gasteiger partial charge in [-0.15, -0.1) is 0 Å². The highest BCUT2D eigenvalue weighted by Gasteiger charge is 2.10. The minimum Gasteiger partial charge on any atom is -0.380 e. The van der Waals surface area contributed by atoms with Crippen LogP contribution in [0.1, 0.15) is 11.4 Å². The van der Waals surface area contributed by atoms with E-state index in [2.05, 4.69) is 25.4 Å². The fourth-order valence-corrected chi connectivity index (χ4v) is 2.86. The maximum atomic E-state index is 4.56. The topological polar surface area (TPSA) is 73.5 Å². The van der Waals surface area contributed by atoms with Crippen molar-refractivity contribution in [1.82, 2.24) is 29.3 Å². The van der Waals surface area contributed by atoms with Crippen molar-refractivity contribution >= 4 is 5.69 Å². The Morgan fingerprint density at radius 1 is 1.08 bits per heavy atom. The fraction of sp³-hybridized carbons (Fsp3) is 0.158. The van der Waals surface area contributed by atoms with Gasteiger partial charge in [0.1, 0.15) is 11.6 Å². The van der Waals surface area contributed by atoms with Gasteiger partial charge in [0, 0.05) is 55.7 Å². The van der Waals surface area contributed by atoms with Crippen LogP contribution in [0.4, 0.5) is 5.69 Å². The molecule has 0 aliphatic rings. The van der Waals surface area contributed by atoms with Crippen LogP contribution >= 0.6 is 0 Å². The molecule has 4 rings (SSSR count). The molecule has 4 aromatic heterocycles. The first-order valence-corrected chi connectivity index (χ1v) is 8.34. The van der Waals surface area contributed by atoms with Gasteiger partial charge in [0.15, 0.2) is 0 Å². The van der Waals surface area contributed by atoms with Gasteiger partial charge < -0.3 is 5.32 Å². The zero-order chi connectivity index (χ0) is 17.9. The third kappa shape index (κ3) is 3.19. The average Bonchev–Trinajstić information content (AvgIpc) is 3.26. The van der Waals surface area contributed by atoms with Gasteiger partial charge in [-0.3, -0.25) is 14.2 Å². The van der Waals surface area contributed by atoms with E-state index in [0.717, 1.165) is 34.2 Å². The van der Waals surface area contributed by atoms with Gasteiger partial charge in [-0.05, 0) is 31.2 Å². The van der Waals surface area contributed by atoms with E-state index in [0.29, 0.717) is 6.54 Å². The van der Waals surface area contributed by atoms with Crippen LogP contribution in [0.25, 0.3) is 17.1 Å². The largest absolute Gasteiger partial charge is 0.380 e. The first kappa shape index (κ1) is 16.0. The van der Waals surface area contributed by atoms with Crippen molar-refractivity contribution < 1.29 is 0 Å². The Hall–Kier alpha value is -3.48. The standard InChI is InChI=1S/C19H19N7/c1-14-21-8-9-26(14)18-6-5-17(12-23-18)22-11-16-13-25(2)24-19(16)15-4-3-7-20-10-15/h3-10,12-13,22H,11H2,1-2H3. The maximum Gasteiger partial charge on any atom is 0.138 e. The van der Waals surface area contributed by atoms with Gasteiger partial charge in [-0.1, -0.05) is 0 Å². The third-order valence-electron chi connectivity index (χ3n) is 4.14. The third-order valence-corrected chi connectivity index (χ3v) is 4.14. The van der Waals surface area contributed by atoms with Crippen LogP contribution in [-0.4, -0.2) is 29.3 Å². The summed E-state index contributed by atoms with van der Waals surface area (Å²) < 4.78 is 3.77. The smallest absolute Gasteiger partial charge is 0.138 e. The molecule has 0 spiro atoms. The highest BCUT2D eigenvalue weighted by atomic mass is 15.3. The number of hydrogen-bond donors (Lipinski definition) is 1. The summed E-state index contributed by atoms with van der Waals surface area (Å²) in [4.78, 5) is 12.9. The van der Waals surface area contributed by atoms with Crippen LogP contribution in [-0.2, 0) is 13.6 Å². The van der Waals surface area contributed by atoms with E-state index in [1.54, 1.807) is 12.4 Å². The maximum absolute atomic E-state index is 4.56. The van der Waals surface area contributed by atoms with Crippen molar-refractivity contribution in [2.24, 2.45) is 7.05 Å². The Labute approximate surface area is 151 Å². The molecule has 26 heavy (non-hydrogen) atoms. The molecule has 130 valence electrons. The molecule has 0 saturated carbocycles. The predicted octanol–water partition coefficient (Wildman–Crippen LogP) is 2.98. The highest BCUT2D eigenvalue weighted by molar-refractivity contribution is 5.62. The van der Waals surface area contributed by atoms with E-state index in [1.165, 1.54) is 0 Å². The first-order chi connectivity index (χ1) is 12.7. The molecule has 7 heteroatoms. The summed E-state index contributed by atoms with van der Waals surface area (Å²) in [6, 6.07) is 7.93. The minimum absolute atomic E-state index is 0.656. The second-order valence-electron chi connectivity index (χ2n) is 6.02. The lowest BCUT2D eigenvalue weighted by Gasteiger charge is -2.08. The number of nitrogens with zero attached hydrogens (tertiary/aromatic N) is 6. The van der Waals surface area contributed by atoms with Crippen LogP contribution in [0.3, 0.4) is 0 Å². The number of nitrogens with one attached hydrogen (secondary N) is 1. The molecule has 1 N–H and O–H groups in total. The van der Waals surface area contributed by atoms with Gasteiger partial charge >= 0.3 is 0 Å². The quantitative estimate of drug-likeness (QED) is 0.602. The van der Waals surface area contributed by atoms with Crippen LogP contribution in [0, 0.1) is 6.92 Å². The molecular formula is C19H19N7. The van der Waals surface area contributed by atoms with Crippen LogP contribution in [0.2, 0.25) is 0 Å². The van der Waals surface area contributed by atoms with Crippen molar-refractivity contribution in [2.75, 3.05) is 5.32 Å². The van der Waals surface area contributed by atoms with Crippen molar-refractivity contribution in [3.8, 4) is 17.1 Å². The monoisotopic (exact) mass is 345 g/mol. The molecule has 0 radical (unpaired) electrons. The second-order valence-corrected chi connectivity index (χ2v) is 6.02. The Bertz CT molecular complexity index is 1000. The Morgan fingerprint density at radius 3 is 2.69 bits per heavy atom. The normalized spacial score (nSPS) is 10.8. The molecule has 0 unspecified atom stereocenters. The summed E-state index contributed by atoms with van der Waals surface area (Å²) in [6.45, 7) is 2.61. The Morgan fingerprint density at radius 2 is 2.00 bits per heavy atom. The molecule has 0 amide bonds. The minimum atomic E-state index is 0.656. The number of imidazole rings is 1. The summed E-state index contributed by atoms with van der Waals surface area (Å²) >= 11 is 0. The summed E-state index contributed by atoms with van der Waals surface area (Å²) in [6.07, 6.45) is 11.1. The number of rotatable bonds is 5.